The number of benzene rings is 1. The average Bonchev–Trinajstić information content (AvgIpc) is 3.51. The molecule has 2 saturated heterocycles. The van der Waals surface area contributed by atoms with Gasteiger partial charge in [-0.15, -0.1) is 0 Å². The maximum Gasteiger partial charge on any atom is 0.194 e. The summed E-state index contributed by atoms with van der Waals surface area (Å²) in [5.41, 5.74) is 1.79. The summed E-state index contributed by atoms with van der Waals surface area (Å²) in [5, 5.41) is 0.760. The highest BCUT2D eigenvalue weighted by atomic mass is 35.5. The zero-order chi connectivity index (χ0) is 28.9. The van der Waals surface area contributed by atoms with Gasteiger partial charge in [0.1, 0.15) is 23.2 Å². The number of aromatic nitrogens is 1. The predicted molar refractivity (Wildman–Crippen MR) is 157 cm³/mol. The molecule has 0 saturated carbocycles. The van der Waals surface area contributed by atoms with Crippen molar-refractivity contribution in [1.82, 2.24) is 4.57 Å². The molecule has 2 aromatic rings. The number of nitrogens with zero attached hydrogens (tertiary/aromatic N) is 3. The Morgan fingerprint density at radius 1 is 1.18 bits per heavy atom. The summed E-state index contributed by atoms with van der Waals surface area (Å²) >= 11 is 12.7. The molecule has 0 unspecified atom stereocenters. The topological polar surface area (TPSA) is 83.6 Å². The molecule has 3 heterocycles. The van der Waals surface area contributed by atoms with Crippen LogP contribution in [0.3, 0.4) is 0 Å². The number of Topliss-reactive ketones (excluding diaryl/α,β-unsaturated/α-hetero) is 1. The van der Waals surface area contributed by atoms with Gasteiger partial charge in [0, 0.05) is 23.8 Å². The summed E-state index contributed by atoms with van der Waals surface area (Å²) < 4.78 is 27.1. The first-order valence-electron chi connectivity index (χ1n) is 12.9. The Hall–Kier alpha value is -1.85. The average molecular weight is 595 g/mol. The lowest BCUT2D eigenvalue weighted by atomic mass is 9.97. The molecule has 2 aliphatic rings. The molecular weight excluding hydrogens is 557 g/mol. The van der Waals surface area contributed by atoms with Crippen LogP contribution in [0.15, 0.2) is 40.4 Å². The third kappa shape index (κ3) is 5.81. The van der Waals surface area contributed by atoms with Gasteiger partial charge >= 0.3 is 0 Å². The van der Waals surface area contributed by atoms with E-state index in [1.165, 1.54) is 0 Å². The van der Waals surface area contributed by atoms with Crippen molar-refractivity contribution >= 4 is 55.0 Å². The number of ether oxygens (including phenoxy) is 3. The van der Waals surface area contributed by atoms with Crippen LogP contribution >= 0.6 is 23.2 Å². The molecule has 39 heavy (non-hydrogen) atoms. The molecule has 1 aromatic heterocycles. The van der Waals surface area contributed by atoms with Gasteiger partial charge in [0.25, 0.3) is 0 Å². The smallest absolute Gasteiger partial charge is 0.194 e. The summed E-state index contributed by atoms with van der Waals surface area (Å²) in [6.07, 6.45) is -1.14. The summed E-state index contributed by atoms with van der Waals surface area (Å²) in [7, 11) is -0.473. The van der Waals surface area contributed by atoms with E-state index >= 15 is 0 Å². The minimum Gasteiger partial charge on any atom is -0.413 e. The van der Waals surface area contributed by atoms with E-state index in [0.717, 1.165) is 5.56 Å². The zero-order valence-corrected chi connectivity index (χ0v) is 26.3. The minimum absolute atomic E-state index is 0.0249. The zero-order valence-electron chi connectivity index (χ0n) is 23.7. The van der Waals surface area contributed by atoms with E-state index in [4.69, 9.17) is 41.8 Å². The van der Waals surface area contributed by atoms with Crippen LogP contribution in [0.2, 0.25) is 23.2 Å². The van der Waals surface area contributed by atoms with Crippen molar-refractivity contribution in [2.24, 2.45) is 9.98 Å². The Bertz CT molecular complexity index is 1300. The largest absolute Gasteiger partial charge is 0.413 e. The molecule has 0 N–H and O–H groups in total. The second-order valence-electron chi connectivity index (χ2n) is 11.9. The first-order chi connectivity index (χ1) is 18.1. The number of carbonyl (C=O) groups excluding carboxylic acids is 1. The normalized spacial score (nSPS) is 25.1. The fraction of sp³-hybridized carbons (Fsp3) is 0.536. The van der Waals surface area contributed by atoms with Crippen molar-refractivity contribution in [3.63, 3.8) is 0 Å². The van der Waals surface area contributed by atoms with E-state index in [1.54, 1.807) is 36.0 Å². The summed E-state index contributed by atoms with van der Waals surface area (Å²) in [5.74, 6) is -0.709. The molecule has 0 bridgehead atoms. The minimum atomic E-state index is -2.07. The van der Waals surface area contributed by atoms with Crippen molar-refractivity contribution in [2.45, 2.75) is 89.7 Å². The molecule has 2 aliphatic heterocycles. The van der Waals surface area contributed by atoms with Gasteiger partial charge in [0.15, 0.2) is 32.2 Å². The molecule has 4 atom stereocenters. The monoisotopic (exact) mass is 593 g/mol. The van der Waals surface area contributed by atoms with Crippen LogP contribution in [0.25, 0.3) is 0 Å². The lowest BCUT2D eigenvalue weighted by Crippen LogP contribution is -2.40. The van der Waals surface area contributed by atoms with Gasteiger partial charge in [-0.2, -0.15) is 0 Å². The first kappa shape index (κ1) is 30.1. The van der Waals surface area contributed by atoms with Crippen molar-refractivity contribution < 1.29 is 23.4 Å². The maximum absolute atomic E-state index is 14.1. The number of ketones is 1. The van der Waals surface area contributed by atoms with Crippen LogP contribution in [-0.2, 0) is 25.2 Å². The Labute approximate surface area is 241 Å². The maximum atomic E-state index is 14.1. The molecule has 4 rings (SSSR count). The summed E-state index contributed by atoms with van der Waals surface area (Å²) in [4.78, 5) is 22.4. The van der Waals surface area contributed by atoms with E-state index in [-0.39, 0.29) is 16.0 Å². The third-order valence-corrected chi connectivity index (χ3v) is 12.8. The Balaban J connectivity index is 1.70. The van der Waals surface area contributed by atoms with Crippen LogP contribution in [0.1, 0.15) is 62.3 Å². The van der Waals surface area contributed by atoms with E-state index < -0.39 is 38.6 Å². The number of carbonyl (C=O) groups is 1. The first-order valence-corrected chi connectivity index (χ1v) is 16.5. The van der Waals surface area contributed by atoms with Crippen molar-refractivity contribution in [2.75, 3.05) is 7.05 Å². The van der Waals surface area contributed by atoms with Gasteiger partial charge in [0.05, 0.1) is 12.2 Å². The SMILES string of the molecule is C=Nc1c(C(Cl)=NC)ccn1[C@@H]1O[C@H](C(=O)c2cc(Cl)ccc2CO[Si](C)(C)C(C)(C)C)[C@H]2OC(C)(C)O[C@H]21. The molecule has 0 aliphatic carbocycles. The quantitative estimate of drug-likeness (QED) is 0.188. The fourth-order valence-corrected chi connectivity index (χ4v) is 5.91. The Morgan fingerprint density at radius 2 is 1.85 bits per heavy atom. The van der Waals surface area contributed by atoms with Crippen LogP contribution < -0.4 is 0 Å². The summed E-state index contributed by atoms with van der Waals surface area (Å²) in [6, 6.07) is 7.06. The number of hydrogen-bond acceptors (Lipinski definition) is 7. The molecule has 8 nitrogen and oxygen atoms in total. The van der Waals surface area contributed by atoms with Crippen LogP contribution in [0.4, 0.5) is 5.82 Å². The second-order valence-corrected chi connectivity index (χ2v) is 17.5. The molecule has 0 spiro atoms. The highest BCUT2D eigenvalue weighted by Gasteiger charge is 2.58. The number of fused-ring (bicyclic) bond motifs is 1. The number of hydrogen-bond donors (Lipinski definition) is 0. The number of rotatable bonds is 8. The van der Waals surface area contributed by atoms with E-state index in [0.29, 0.717) is 28.6 Å². The molecular formula is C28H37Cl2N3O5Si. The lowest BCUT2D eigenvalue weighted by molar-refractivity contribution is -0.190. The van der Waals surface area contributed by atoms with Gasteiger partial charge in [0.2, 0.25) is 0 Å². The molecule has 212 valence electrons. The van der Waals surface area contributed by atoms with Gasteiger partial charge < -0.3 is 23.2 Å². The Morgan fingerprint density at radius 3 is 2.46 bits per heavy atom. The fourth-order valence-electron chi connectivity index (χ4n) is 4.64. The van der Waals surface area contributed by atoms with Gasteiger partial charge in [-0.3, -0.25) is 9.79 Å². The Kier molecular flexibility index (Phi) is 8.38. The predicted octanol–water partition coefficient (Wildman–Crippen LogP) is 6.91. The number of halogens is 2. The van der Waals surface area contributed by atoms with Gasteiger partial charge in [-0.05, 0) is 62.5 Å². The van der Waals surface area contributed by atoms with E-state index in [1.807, 2.05) is 19.9 Å². The van der Waals surface area contributed by atoms with Crippen LogP contribution in [-0.4, -0.2) is 61.7 Å². The van der Waals surface area contributed by atoms with Crippen LogP contribution in [0, 0.1) is 0 Å². The molecule has 0 radical (unpaired) electrons. The van der Waals surface area contributed by atoms with Crippen molar-refractivity contribution in [3.8, 4) is 0 Å². The molecule has 11 heteroatoms. The van der Waals surface area contributed by atoms with E-state index in [2.05, 4.69) is 50.6 Å². The highest BCUT2D eigenvalue weighted by Crippen LogP contribution is 2.46. The van der Waals surface area contributed by atoms with Crippen molar-refractivity contribution in [3.05, 3.63) is 52.2 Å². The van der Waals surface area contributed by atoms with Crippen molar-refractivity contribution in [1.29, 1.82) is 0 Å². The highest BCUT2D eigenvalue weighted by molar-refractivity contribution is 6.74. The van der Waals surface area contributed by atoms with Crippen LogP contribution in [0.5, 0.6) is 0 Å². The molecule has 1 aromatic carbocycles. The van der Waals surface area contributed by atoms with Gasteiger partial charge in [-0.25, -0.2) is 4.99 Å². The summed E-state index contributed by atoms with van der Waals surface area (Å²) in [6.45, 7) is 18.5. The molecule has 0 amide bonds. The van der Waals surface area contributed by atoms with E-state index in [9.17, 15) is 4.79 Å². The molecule has 2 fully saturated rings. The second kappa shape index (κ2) is 10.9. The van der Waals surface area contributed by atoms with Gasteiger partial charge in [-0.1, -0.05) is 50.0 Å². The third-order valence-electron chi connectivity index (χ3n) is 7.75. The lowest BCUT2D eigenvalue weighted by Gasteiger charge is -2.36. The number of aliphatic imine (C=N–C) groups is 2. The standard InChI is InChI=1S/C28H37Cl2N3O5Si/c1-27(2,3)39(8,9)35-15-16-10-11-17(29)14-19(16)20(34)21-22-23(38-28(4,5)37-22)26(36-21)33-13-12-18(24(30)31-6)25(33)32-7/h10-14,21-23,26H,7,15H2,1-6,8-9H3/t21-,22-,23-,26-/m1/s1.